The third kappa shape index (κ3) is 4.11. The first-order chi connectivity index (χ1) is 11.0. The number of carbonyl (C=O) groups is 2. The van der Waals surface area contributed by atoms with Crippen molar-refractivity contribution in [1.82, 2.24) is 5.32 Å². The third-order valence-electron chi connectivity index (χ3n) is 5.60. The highest BCUT2D eigenvalue weighted by Crippen LogP contribution is 2.20. The second-order valence-corrected chi connectivity index (χ2v) is 12.0. The number of carbonyl (C=O) groups excluding carboxylic acids is 2. The van der Waals surface area contributed by atoms with Gasteiger partial charge in [-0.05, 0) is 18.4 Å². The van der Waals surface area contributed by atoms with Gasteiger partial charge in [0.2, 0.25) is 5.91 Å². The van der Waals surface area contributed by atoms with Crippen molar-refractivity contribution in [3.8, 4) is 0 Å². The minimum atomic E-state index is -1.34. The first-order valence-corrected chi connectivity index (χ1v) is 11.6. The number of rotatable bonds is 7. The lowest BCUT2D eigenvalue weighted by atomic mass is 10.1. The first-order valence-electron chi connectivity index (χ1n) is 8.96. The van der Waals surface area contributed by atoms with Gasteiger partial charge in [-0.15, -0.1) is 0 Å². The molecule has 1 N–H and O–H groups in total. The molecule has 1 aliphatic carbocycles. The van der Waals surface area contributed by atoms with Crippen molar-refractivity contribution in [2.75, 3.05) is 0 Å². The summed E-state index contributed by atoms with van der Waals surface area (Å²) in [5, 5.41) is 4.38. The molecular formula is C19H29NO2Si. The van der Waals surface area contributed by atoms with Crippen LogP contribution in [0.25, 0.3) is 0 Å². The zero-order valence-electron chi connectivity index (χ0n) is 14.7. The fraction of sp³-hybridized carbons (Fsp3) is 0.579. The van der Waals surface area contributed by atoms with Gasteiger partial charge in [-0.3, -0.25) is 9.59 Å². The van der Waals surface area contributed by atoms with Gasteiger partial charge < -0.3 is 5.32 Å². The summed E-state index contributed by atoms with van der Waals surface area (Å²) in [6.07, 6.45) is 2.66. The van der Waals surface area contributed by atoms with Gasteiger partial charge in [0.1, 0.15) is 0 Å². The van der Waals surface area contributed by atoms with Crippen LogP contribution in [-0.2, 0) is 16.0 Å². The molecule has 126 valence electrons. The Bertz CT molecular complexity index is 541. The van der Waals surface area contributed by atoms with Crippen LogP contribution >= 0.6 is 0 Å². The van der Waals surface area contributed by atoms with Crippen LogP contribution in [0.5, 0.6) is 0 Å². The van der Waals surface area contributed by atoms with Crippen LogP contribution in [0.4, 0.5) is 0 Å². The average Bonchev–Trinajstić information content (AvgIpc) is 2.96. The van der Waals surface area contributed by atoms with Gasteiger partial charge in [0.05, 0.1) is 20.5 Å². The summed E-state index contributed by atoms with van der Waals surface area (Å²) in [6, 6.07) is 12.2. The Morgan fingerprint density at radius 1 is 1.13 bits per heavy atom. The zero-order chi connectivity index (χ0) is 16.9. The molecule has 1 aromatic carbocycles. The summed E-state index contributed by atoms with van der Waals surface area (Å²) in [5.41, 5.74) is 1.03. The van der Waals surface area contributed by atoms with Crippen LogP contribution in [0.1, 0.15) is 45.6 Å². The van der Waals surface area contributed by atoms with E-state index in [1.165, 1.54) is 23.3 Å². The maximum atomic E-state index is 12.1. The van der Waals surface area contributed by atoms with Crippen LogP contribution in [-0.4, -0.2) is 25.8 Å². The first kappa shape index (κ1) is 17.9. The fourth-order valence-corrected chi connectivity index (χ4v) is 7.34. The molecular weight excluding hydrogens is 302 g/mol. The standard InChI is InChI=1S/C19H29NO2Si/c1-4-23(5-2,6-3)16-12-10-15(11-13-16)14-19(22)20-17-8-7-9-18(17)21/h10-13,17H,4-9,14H2,1-3H3,(H,20,22). The topological polar surface area (TPSA) is 46.2 Å². The summed E-state index contributed by atoms with van der Waals surface area (Å²) in [4.78, 5) is 23.7. The third-order valence-corrected chi connectivity index (χ3v) is 11.2. The molecule has 1 aromatic rings. The minimum absolute atomic E-state index is 0.0389. The van der Waals surface area contributed by atoms with Crippen LogP contribution in [0.15, 0.2) is 24.3 Å². The van der Waals surface area contributed by atoms with Gasteiger partial charge in [0.15, 0.2) is 5.78 Å². The van der Waals surface area contributed by atoms with E-state index in [-0.39, 0.29) is 17.7 Å². The number of nitrogens with one attached hydrogen (secondary N) is 1. The van der Waals surface area contributed by atoms with E-state index >= 15 is 0 Å². The van der Waals surface area contributed by atoms with E-state index in [0.29, 0.717) is 12.8 Å². The monoisotopic (exact) mass is 331 g/mol. The van der Waals surface area contributed by atoms with E-state index in [2.05, 4.69) is 50.4 Å². The predicted molar refractivity (Wildman–Crippen MR) is 97.8 cm³/mol. The number of hydrogen-bond donors (Lipinski definition) is 1. The number of benzene rings is 1. The molecule has 1 saturated carbocycles. The van der Waals surface area contributed by atoms with Crippen molar-refractivity contribution < 1.29 is 9.59 Å². The fourth-order valence-electron chi connectivity index (χ4n) is 3.74. The Hall–Kier alpha value is -1.42. The highest BCUT2D eigenvalue weighted by Gasteiger charge is 2.29. The Labute approximate surface area is 140 Å². The minimum Gasteiger partial charge on any atom is -0.346 e. The Morgan fingerprint density at radius 2 is 1.74 bits per heavy atom. The predicted octanol–water partition coefficient (Wildman–Crippen LogP) is 3.18. The molecule has 2 rings (SSSR count). The molecule has 4 heteroatoms. The smallest absolute Gasteiger partial charge is 0.224 e. The number of Topliss-reactive ketones (excluding diaryl/α,β-unsaturated/α-hetero) is 1. The molecule has 1 aliphatic rings. The highest BCUT2D eigenvalue weighted by atomic mass is 28.3. The number of amides is 1. The highest BCUT2D eigenvalue weighted by molar-refractivity contribution is 6.91. The van der Waals surface area contributed by atoms with Crippen molar-refractivity contribution in [3.05, 3.63) is 29.8 Å². The van der Waals surface area contributed by atoms with Gasteiger partial charge in [0.25, 0.3) is 0 Å². The van der Waals surface area contributed by atoms with Crippen molar-refractivity contribution in [2.45, 2.75) is 70.6 Å². The lowest BCUT2D eigenvalue weighted by molar-refractivity contribution is -0.126. The maximum Gasteiger partial charge on any atom is 0.224 e. The molecule has 1 fully saturated rings. The van der Waals surface area contributed by atoms with E-state index in [0.717, 1.165) is 18.4 Å². The Morgan fingerprint density at radius 3 is 2.22 bits per heavy atom. The molecule has 1 amide bonds. The summed E-state index contributed by atoms with van der Waals surface area (Å²) >= 11 is 0. The van der Waals surface area contributed by atoms with Crippen molar-refractivity contribution in [3.63, 3.8) is 0 Å². The molecule has 1 atom stereocenters. The molecule has 1 unspecified atom stereocenters. The SMILES string of the molecule is CC[Si](CC)(CC)c1ccc(CC(=O)NC2CCCC2=O)cc1. The molecule has 0 heterocycles. The molecule has 0 aromatic heterocycles. The van der Waals surface area contributed by atoms with E-state index in [9.17, 15) is 9.59 Å². The lowest BCUT2D eigenvalue weighted by Crippen LogP contribution is -2.45. The van der Waals surface area contributed by atoms with Gasteiger partial charge in [-0.1, -0.05) is 68.4 Å². The second-order valence-electron chi connectivity index (χ2n) is 6.69. The van der Waals surface area contributed by atoms with Crippen molar-refractivity contribution >= 4 is 25.0 Å². The van der Waals surface area contributed by atoms with E-state index in [1.54, 1.807) is 0 Å². The van der Waals surface area contributed by atoms with Gasteiger partial charge in [-0.25, -0.2) is 0 Å². The number of ketones is 1. The summed E-state index contributed by atoms with van der Waals surface area (Å²) < 4.78 is 0. The van der Waals surface area contributed by atoms with Gasteiger partial charge >= 0.3 is 0 Å². The molecule has 0 bridgehead atoms. The maximum absolute atomic E-state index is 12.1. The summed E-state index contributed by atoms with van der Waals surface area (Å²) in [7, 11) is -1.34. The van der Waals surface area contributed by atoms with Crippen molar-refractivity contribution in [2.24, 2.45) is 0 Å². The quantitative estimate of drug-likeness (QED) is 0.780. The van der Waals surface area contributed by atoms with E-state index < -0.39 is 8.07 Å². The molecule has 0 spiro atoms. The largest absolute Gasteiger partial charge is 0.346 e. The summed E-state index contributed by atoms with van der Waals surface area (Å²) in [5.74, 6) is 0.140. The van der Waals surface area contributed by atoms with Gasteiger partial charge in [0, 0.05) is 6.42 Å². The van der Waals surface area contributed by atoms with Crippen LogP contribution in [0.3, 0.4) is 0 Å². The Kier molecular flexibility index (Phi) is 6.16. The summed E-state index contributed by atoms with van der Waals surface area (Å²) in [6.45, 7) is 6.91. The Balaban J connectivity index is 1.99. The number of hydrogen-bond acceptors (Lipinski definition) is 2. The molecule has 0 saturated heterocycles. The lowest BCUT2D eigenvalue weighted by Gasteiger charge is -2.28. The van der Waals surface area contributed by atoms with Crippen molar-refractivity contribution in [1.29, 1.82) is 0 Å². The van der Waals surface area contributed by atoms with Gasteiger partial charge in [-0.2, -0.15) is 0 Å². The molecule has 0 radical (unpaired) electrons. The second kappa shape index (κ2) is 7.91. The normalized spacial score (nSPS) is 18.2. The van der Waals surface area contributed by atoms with Crippen LogP contribution < -0.4 is 10.5 Å². The molecule has 23 heavy (non-hydrogen) atoms. The van der Waals surface area contributed by atoms with E-state index in [4.69, 9.17) is 0 Å². The molecule has 3 nitrogen and oxygen atoms in total. The van der Waals surface area contributed by atoms with Crippen LogP contribution in [0, 0.1) is 0 Å². The van der Waals surface area contributed by atoms with E-state index in [1.807, 2.05) is 0 Å². The zero-order valence-corrected chi connectivity index (χ0v) is 15.7. The van der Waals surface area contributed by atoms with Crippen LogP contribution in [0.2, 0.25) is 18.1 Å². The average molecular weight is 332 g/mol. The molecule has 0 aliphatic heterocycles.